The number of halogens is 1. The molecule has 1 amide bonds. The van der Waals surface area contributed by atoms with Crippen LogP contribution in [0, 0.1) is 0 Å². The van der Waals surface area contributed by atoms with Crippen molar-refractivity contribution in [2.24, 2.45) is 4.99 Å². The molecule has 0 aromatic heterocycles. The molecular weight excluding hydrogens is 176 g/mol. The Hall–Kier alpha value is -1.09. The smallest absolute Gasteiger partial charge is 0.222 e. The average Bonchev–Trinajstić information content (AvgIpc) is 1.84. The lowest BCUT2D eigenvalue weighted by atomic mass is 10.5. The highest BCUT2D eigenvalue weighted by molar-refractivity contribution is 6.30. The molecule has 0 rings (SSSR count). The van der Waals surface area contributed by atoms with Crippen molar-refractivity contribution in [1.82, 2.24) is 5.32 Å². The summed E-state index contributed by atoms with van der Waals surface area (Å²) < 4.78 is 0. The van der Waals surface area contributed by atoms with E-state index in [0.717, 1.165) is 0 Å². The van der Waals surface area contributed by atoms with Gasteiger partial charge in [-0.2, -0.15) is 0 Å². The number of carbonyl (C=O) groups excluding carboxylic acids is 1. The third-order valence-electron chi connectivity index (χ3n) is 0.887. The van der Waals surface area contributed by atoms with Crippen LogP contribution in [0.25, 0.3) is 0 Å². The predicted molar refractivity (Wildman–Crippen MR) is 51.1 cm³/mol. The van der Waals surface area contributed by atoms with Gasteiger partial charge in [0.25, 0.3) is 0 Å². The third kappa shape index (κ3) is 5.68. The first-order valence-corrected chi connectivity index (χ1v) is 3.75. The van der Waals surface area contributed by atoms with Crippen molar-refractivity contribution in [3.63, 3.8) is 0 Å². The van der Waals surface area contributed by atoms with Crippen molar-refractivity contribution in [2.75, 3.05) is 0 Å². The Morgan fingerprint density at radius 1 is 1.58 bits per heavy atom. The summed E-state index contributed by atoms with van der Waals surface area (Å²) in [5.41, 5.74) is 0. The molecule has 12 heavy (non-hydrogen) atoms. The molecular formula is C8H11ClN2O. The lowest BCUT2D eigenvalue weighted by Crippen LogP contribution is -2.25. The fourth-order valence-electron chi connectivity index (χ4n) is 0.577. The molecule has 66 valence electrons. The largest absolute Gasteiger partial charge is 0.315 e. The Morgan fingerprint density at radius 3 is 2.58 bits per heavy atom. The van der Waals surface area contributed by atoms with Gasteiger partial charge in [-0.3, -0.25) is 4.79 Å². The average molecular weight is 187 g/mol. The van der Waals surface area contributed by atoms with E-state index in [1.165, 1.54) is 19.1 Å². The molecule has 0 spiro atoms. The van der Waals surface area contributed by atoms with E-state index in [0.29, 0.717) is 5.84 Å². The van der Waals surface area contributed by atoms with Crippen LogP contribution in [0.4, 0.5) is 0 Å². The number of nitrogens with zero attached hydrogens (tertiary/aromatic N) is 1. The van der Waals surface area contributed by atoms with E-state index >= 15 is 0 Å². The van der Waals surface area contributed by atoms with E-state index < -0.39 is 0 Å². The molecule has 4 heteroatoms. The minimum absolute atomic E-state index is 0.167. The van der Waals surface area contributed by atoms with Gasteiger partial charge in [0, 0.05) is 6.92 Å². The number of hydrogen-bond donors (Lipinski definition) is 1. The maximum Gasteiger partial charge on any atom is 0.222 e. The molecule has 0 fully saturated rings. The summed E-state index contributed by atoms with van der Waals surface area (Å²) in [6.45, 7) is 6.51. The van der Waals surface area contributed by atoms with Crippen LogP contribution in [0.5, 0.6) is 0 Å². The fourth-order valence-corrected chi connectivity index (χ4v) is 0.793. The van der Waals surface area contributed by atoms with Gasteiger partial charge in [0.1, 0.15) is 11.0 Å². The summed E-state index contributed by atoms with van der Waals surface area (Å²) in [5.74, 6) is 0.296. The number of amidine groups is 1. The first-order valence-electron chi connectivity index (χ1n) is 3.37. The van der Waals surface area contributed by atoms with Crippen molar-refractivity contribution in [2.45, 2.75) is 13.8 Å². The van der Waals surface area contributed by atoms with Crippen LogP contribution < -0.4 is 5.32 Å². The number of allylic oxidation sites excluding steroid dienone is 2. The number of aliphatic imine (C=N–C) groups is 1. The minimum atomic E-state index is -0.167. The lowest BCUT2D eigenvalue weighted by Gasteiger charge is -1.98. The quantitative estimate of drug-likeness (QED) is 0.304. The third-order valence-corrected chi connectivity index (χ3v) is 1.10. The number of carbonyl (C=O) groups is 1. The summed E-state index contributed by atoms with van der Waals surface area (Å²) in [6, 6.07) is 0. The van der Waals surface area contributed by atoms with Crippen molar-refractivity contribution in [1.29, 1.82) is 0 Å². The number of hydrogen-bond acceptors (Lipinski definition) is 2. The molecule has 0 heterocycles. The Morgan fingerprint density at radius 2 is 2.17 bits per heavy atom. The van der Waals surface area contributed by atoms with E-state index in [4.69, 9.17) is 11.6 Å². The Kier molecular flexibility index (Phi) is 5.04. The minimum Gasteiger partial charge on any atom is -0.315 e. The maximum absolute atomic E-state index is 10.5. The fraction of sp³-hybridized carbons (Fsp3) is 0.250. The molecule has 1 N–H and O–H groups in total. The topological polar surface area (TPSA) is 41.5 Å². The molecule has 0 aliphatic heterocycles. The normalized spacial score (nSPS) is 12.6. The van der Waals surface area contributed by atoms with Crippen LogP contribution in [0.15, 0.2) is 28.9 Å². The van der Waals surface area contributed by atoms with Gasteiger partial charge in [-0.05, 0) is 13.0 Å². The standard InChI is InChI=1S/C8H11ClN2O/c1-4-5-8(9)11-6(2)10-7(3)12/h4-5H,1H2,2-3H3,(H,10,11,12)/b8-5-. The van der Waals surface area contributed by atoms with Crippen LogP contribution in [0.1, 0.15) is 13.8 Å². The molecule has 0 aliphatic rings. The van der Waals surface area contributed by atoms with Gasteiger partial charge in [-0.1, -0.05) is 24.3 Å². The van der Waals surface area contributed by atoms with E-state index in [2.05, 4.69) is 16.9 Å². The predicted octanol–water partition coefficient (Wildman–Crippen LogP) is 1.81. The monoisotopic (exact) mass is 186 g/mol. The van der Waals surface area contributed by atoms with Crippen molar-refractivity contribution < 1.29 is 4.79 Å². The molecule has 0 bridgehead atoms. The highest BCUT2D eigenvalue weighted by Crippen LogP contribution is 2.02. The van der Waals surface area contributed by atoms with Crippen LogP contribution in [-0.2, 0) is 4.79 Å². The zero-order valence-corrected chi connectivity index (χ0v) is 7.85. The van der Waals surface area contributed by atoms with Crippen molar-refractivity contribution >= 4 is 23.3 Å². The van der Waals surface area contributed by atoms with Gasteiger partial charge < -0.3 is 5.32 Å². The highest BCUT2D eigenvalue weighted by Gasteiger charge is 1.93. The second-order valence-electron chi connectivity index (χ2n) is 2.10. The maximum atomic E-state index is 10.5. The molecule has 3 nitrogen and oxygen atoms in total. The molecule has 0 aromatic carbocycles. The van der Waals surface area contributed by atoms with E-state index in [1.807, 2.05) is 0 Å². The molecule has 0 saturated carbocycles. The first kappa shape index (κ1) is 10.9. The molecule has 0 radical (unpaired) electrons. The van der Waals surface area contributed by atoms with Gasteiger partial charge in [0.2, 0.25) is 5.91 Å². The Labute approximate surface area is 76.8 Å². The lowest BCUT2D eigenvalue weighted by molar-refractivity contribution is -0.117. The highest BCUT2D eigenvalue weighted by atomic mass is 35.5. The van der Waals surface area contributed by atoms with Crippen molar-refractivity contribution in [3.05, 3.63) is 23.9 Å². The van der Waals surface area contributed by atoms with Gasteiger partial charge in [0.05, 0.1) is 0 Å². The second-order valence-corrected chi connectivity index (χ2v) is 2.49. The summed E-state index contributed by atoms with van der Waals surface area (Å²) in [5, 5.41) is 2.77. The molecule has 0 unspecified atom stereocenters. The van der Waals surface area contributed by atoms with Gasteiger partial charge in [-0.15, -0.1) is 0 Å². The van der Waals surface area contributed by atoms with E-state index in [1.54, 1.807) is 6.92 Å². The van der Waals surface area contributed by atoms with Gasteiger partial charge >= 0.3 is 0 Å². The number of amides is 1. The summed E-state index contributed by atoms with van der Waals surface area (Å²) in [6.07, 6.45) is 3.06. The Balaban J connectivity index is 4.24. The van der Waals surface area contributed by atoms with Crippen LogP contribution in [0.3, 0.4) is 0 Å². The molecule has 0 saturated heterocycles. The van der Waals surface area contributed by atoms with Crippen LogP contribution >= 0.6 is 11.6 Å². The zero-order valence-electron chi connectivity index (χ0n) is 7.10. The molecule has 0 atom stereocenters. The SMILES string of the molecule is C=C/C=C(/Cl)N=C(C)NC(C)=O. The Bertz CT molecular complexity index is 243. The van der Waals surface area contributed by atoms with Crippen molar-refractivity contribution in [3.8, 4) is 0 Å². The molecule has 0 aliphatic carbocycles. The van der Waals surface area contributed by atoms with Gasteiger partial charge in [-0.25, -0.2) is 4.99 Å². The summed E-state index contributed by atoms with van der Waals surface area (Å²) in [7, 11) is 0. The van der Waals surface area contributed by atoms with Crippen LogP contribution in [0.2, 0.25) is 0 Å². The van der Waals surface area contributed by atoms with E-state index in [9.17, 15) is 4.79 Å². The number of rotatable bonds is 2. The summed E-state index contributed by atoms with van der Waals surface area (Å²) >= 11 is 5.61. The molecule has 0 aromatic rings. The second kappa shape index (κ2) is 5.55. The van der Waals surface area contributed by atoms with E-state index in [-0.39, 0.29) is 11.1 Å². The van der Waals surface area contributed by atoms with Gasteiger partial charge in [0.15, 0.2) is 0 Å². The number of nitrogens with one attached hydrogen (secondary N) is 1. The first-order chi connectivity index (χ1) is 5.56. The van der Waals surface area contributed by atoms with Crippen LogP contribution in [-0.4, -0.2) is 11.7 Å². The summed E-state index contributed by atoms with van der Waals surface area (Å²) in [4.78, 5) is 14.4. The zero-order chi connectivity index (χ0) is 9.56.